The first-order valence-electron chi connectivity index (χ1n) is 6.76. The number of nitrogens with two attached hydrogens (primary N) is 1. The highest BCUT2D eigenvalue weighted by molar-refractivity contribution is 5.76. The van der Waals surface area contributed by atoms with E-state index in [1.54, 1.807) is 0 Å². The quantitative estimate of drug-likeness (QED) is 0.210. The van der Waals surface area contributed by atoms with Crippen molar-refractivity contribution in [2.45, 2.75) is 42.9 Å². The van der Waals surface area contributed by atoms with Crippen molar-refractivity contribution in [1.29, 1.82) is 0 Å². The van der Waals surface area contributed by atoms with Crippen LogP contribution in [0.25, 0.3) is 0 Å². The lowest BCUT2D eigenvalue weighted by Crippen LogP contribution is -2.59. The second kappa shape index (κ2) is 6.72. The topological polar surface area (TPSA) is 183 Å². The molecule has 0 aromatic heterocycles. The van der Waals surface area contributed by atoms with Gasteiger partial charge in [-0.25, -0.2) is 4.84 Å². The predicted octanol–water partition coefficient (Wildman–Crippen LogP) is -3.21. The van der Waals surface area contributed by atoms with Crippen LogP contribution >= 0.6 is 0 Å². The van der Waals surface area contributed by atoms with Crippen molar-refractivity contribution in [2.75, 3.05) is 13.2 Å². The summed E-state index contributed by atoms with van der Waals surface area (Å²) in [5.41, 5.74) is 3.29. The lowest BCUT2D eigenvalue weighted by molar-refractivity contribution is -0.729. The van der Waals surface area contributed by atoms with E-state index in [1.165, 1.54) is 0 Å². The Hall–Kier alpha value is -1.86. The third-order valence-corrected chi connectivity index (χ3v) is 3.58. The number of nitrogens with zero attached hydrogens (tertiary/aromatic N) is 1. The number of ether oxygens (including phenoxy) is 2. The van der Waals surface area contributed by atoms with Crippen molar-refractivity contribution in [3.8, 4) is 0 Å². The number of amides is 1. The molecular weight excluding hydrogens is 318 g/mol. The maximum atomic E-state index is 11.4. The van der Waals surface area contributed by atoms with E-state index in [0.29, 0.717) is 0 Å². The van der Waals surface area contributed by atoms with Crippen molar-refractivity contribution in [2.24, 2.45) is 5.73 Å². The number of rotatable bonds is 7. The Morgan fingerprint density at radius 3 is 2.78 bits per heavy atom. The van der Waals surface area contributed by atoms with Crippen molar-refractivity contribution >= 4 is 11.9 Å². The minimum absolute atomic E-state index is 0.0385. The maximum absolute atomic E-state index is 11.4. The predicted molar refractivity (Wildman–Crippen MR) is 68.9 cm³/mol. The number of primary amides is 1. The van der Waals surface area contributed by atoms with E-state index in [1.807, 2.05) is 0 Å². The highest BCUT2D eigenvalue weighted by Gasteiger charge is 2.56. The number of hydrogen-bond donors (Lipinski definition) is 4. The van der Waals surface area contributed by atoms with Crippen molar-refractivity contribution in [3.63, 3.8) is 0 Å². The highest BCUT2D eigenvalue weighted by atomic mass is 17.0. The van der Waals surface area contributed by atoms with Gasteiger partial charge in [-0.2, -0.15) is 0 Å². The molecule has 2 aliphatic rings. The average Bonchev–Trinajstić information content (AvgIpc) is 2.90. The van der Waals surface area contributed by atoms with Crippen LogP contribution in [-0.2, 0) is 23.9 Å². The van der Waals surface area contributed by atoms with E-state index < -0.39 is 53.5 Å². The lowest BCUT2D eigenvalue weighted by Gasteiger charge is -2.32. The summed E-state index contributed by atoms with van der Waals surface area (Å²) >= 11 is 0. The van der Waals surface area contributed by atoms with Crippen LogP contribution in [0.2, 0.25) is 0 Å². The minimum Gasteiger partial charge on any atom is -0.388 e. The van der Waals surface area contributed by atoms with Gasteiger partial charge in [0.05, 0.1) is 13.2 Å². The molecule has 130 valence electrons. The molecule has 12 nitrogen and oxygen atoms in total. The van der Waals surface area contributed by atoms with Gasteiger partial charge in [0.2, 0.25) is 5.91 Å². The Labute approximate surface area is 129 Å². The molecule has 2 saturated heterocycles. The van der Waals surface area contributed by atoms with Gasteiger partial charge in [0.15, 0.2) is 5.72 Å². The lowest BCUT2D eigenvalue weighted by atomic mass is 10.0. The van der Waals surface area contributed by atoms with Crippen LogP contribution < -0.4 is 11.1 Å². The molecule has 1 amide bonds. The van der Waals surface area contributed by atoms with Gasteiger partial charge >= 0.3 is 11.1 Å². The standard InChI is InChI=1S/C11H17N3O9/c12-7(16)1-5(2-8(17)23-14(19)20)13-11(18)4-22-9-6(15)3-21-10(9)11/h5-6,9-10,13,15,18H,1-4H2,(H2,12,16)/t5-,6+,9+,10-,11+/m0/s1. The summed E-state index contributed by atoms with van der Waals surface area (Å²) < 4.78 is 10.5. The first-order chi connectivity index (χ1) is 10.7. The van der Waals surface area contributed by atoms with E-state index >= 15 is 0 Å². The Morgan fingerprint density at radius 2 is 2.17 bits per heavy atom. The van der Waals surface area contributed by atoms with Crippen LogP contribution in [0.4, 0.5) is 0 Å². The molecule has 2 heterocycles. The molecule has 0 spiro atoms. The second-order valence-electron chi connectivity index (χ2n) is 5.42. The van der Waals surface area contributed by atoms with Crippen LogP contribution in [0.5, 0.6) is 0 Å². The van der Waals surface area contributed by atoms with Crippen LogP contribution in [0, 0.1) is 10.1 Å². The maximum Gasteiger partial charge on any atom is 0.305 e. The Morgan fingerprint density at radius 1 is 1.48 bits per heavy atom. The molecule has 0 aromatic carbocycles. The smallest absolute Gasteiger partial charge is 0.305 e. The average molecular weight is 335 g/mol. The molecule has 2 rings (SSSR count). The van der Waals surface area contributed by atoms with Crippen LogP contribution in [0.15, 0.2) is 0 Å². The fraction of sp³-hybridized carbons (Fsp3) is 0.818. The highest BCUT2D eigenvalue weighted by Crippen LogP contribution is 2.33. The molecule has 2 aliphatic heterocycles. The largest absolute Gasteiger partial charge is 0.388 e. The molecule has 0 unspecified atom stereocenters. The van der Waals surface area contributed by atoms with Gasteiger partial charge in [0, 0.05) is 18.9 Å². The zero-order valence-corrected chi connectivity index (χ0v) is 11.9. The van der Waals surface area contributed by atoms with E-state index in [0.717, 1.165) is 0 Å². The monoisotopic (exact) mass is 335 g/mol. The number of fused-ring (bicyclic) bond motifs is 1. The van der Waals surface area contributed by atoms with Crippen LogP contribution in [0.3, 0.4) is 0 Å². The molecule has 0 radical (unpaired) electrons. The van der Waals surface area contributed by atoms with Gasteiger partial charge in [-0.3, -0.25) is 14.9 Å². The van der Waals surface area contributed by atoms with Crippen molar-refractivity contribution < 1.29 is 39.2 Å². The Bertz CT molecular complexity index is 501. The van der Waals surface area contributed by atoms with Gasteiger partial charge in [-0.1, -0.05) is 0 Å². The Balaban J connectivity index is 2.03. The summed E-state index contributed by atoms with van der Waals surface area (Å²) in [5, 5.41) is 31.6. The molecule has 5 atom stereocenters. The molecule has 0 aliphatic carbocycles. The number of carbonyl (C=O) groups is 2. The van der Waals surface area contributed by atoms with E-state index in [-0.39, 0.29) is 19.6 Å². The number of carbonyl (C=O) groups excluding carboxylic acids is 2. The molecule has 0 bridgehead atoms. The van der Waals surface area contributed by atoms with E-state index in [2.05, 4.69) is 10.2 Å². The third kappa shape index (κ3) is 4.11. The molecule has 0 saturated carbocycles. The molecular formula is C11H17N3O9. The molecule has 23 heavy (non-hydrogen) atoms. The number of nitrogens with one attached hydrogen (secondary N) is 1. The van der Waals surface area contributed by atoms with Gasteiger partial charge in [0.25, 0.3) is 0 Å². The summed E-state index contributed by atoms with van der Waals surface area (Å²) in [5.74, 6) is -2.00. The number of hydrogen-bond acceptors (Lipinski definition) is 10. The summed E-state index contributed by atoms with van der Waals surface area (Å²) in [6.07, 6.45) is -3.54. The van der Waals surface area contributed by atoms with Gasteiger partial charge in [-0.15, -0.1) is 10.1 Å². The fourth-order valence-corrected chi connectivity index (χ4v) is 2.72. The SMILES string of the molecule is NC(=O)C[C@@H](CC(=O)O[N+](=O)[O-])N[C@@]1(O)CO[C@@H]2[C@H](O)CO[C@@H]21. The number of aliphatic hydroxyl groups is 2. The minimum atomic E-state index is -1.78. The first-order valence-corrected chi connectivity index (χ1v) is 6.76. The summed E-state index contributed by atoms with van der Waals surface area (Å²) in [6.45, 7) is -0.303. The molecule has 12 heteroatoms. The molecule has 5 N–H and O–H groups in total. The van der Waals surface area contributed by atoms with Gasteiger partial charge in [0.1, 0.15) is 18.3 Å². The van der Waals surface area contributed by atoms with E-state index in [9.17, 15) is 29.9 Å². The fourth-order valence-electron chi connectivity index (χ4n) is 2.72. The molecule has 2 fully saturated rings. The normalized spacial score (nSPS) is 33.9. The third-order valence-electron chi connectivity index (χ3n) is 3.58. The zero-order chi connectivity index (χ0) is 17.2. The van der Waals surface area contributed by atoms with Crippen molar-refractivity contribution in [3.05, 3.63) is 10.1 Å². The van der Waals surface area contributed by atoms with Crippen LogP contribution in [-0.4, -0.2) is 70.5 Å². The van der Waals surface area contributed by atoms with Crippen molar-refractivity contribution in [1.82, 2.24) is 5.32 Å². The zero-order valence-electron chi connectivity index (χ0n) is 11.9. The first kappa shape index (κ1) is 17.5. The van der Waals surface area contributed by atoms with Gasteiger partial charge < -0.3 is 25.4 Å². The summed E-state index contributed by atoms with van der Waals surface area (Å²) in [4.78, 5) is 36.4. The summed E-state index contributed by atoms with van der Waals surface area (Å²) in [6, 6.07) is -1.03. The second-order valence-corrected chi connectivity index (χ2v) is 5.42. The molecule has 0 aromatic rings. The van der Waals surface area contributed by atoms with E-state index in [4.69, 9.17) is 15.2 Å². The summed E-state index contributed by atoms with van der Waals surface area (Å²) in [7, 11) is 0. The number of aliphatic hydroxyl groups excluding tert-OH is 1. The van der Waals surface area contributed by atoms with Crippen LogP contribution in [0.1, 0.15) is 12.8 Å². The Kier molecular flexibility index (Phi) is 5.11. The van der Waals surface area contributed by atoms with Gasteiger partial charge in [-0.05, 0) is 0 Å².